The summed E-state index contributed by atoms with van der Waals surface area (Å²) < 4.78 is 5.41. The van der Waals surface area contributed by atoms with Crippen LogP contribution >= 0.6 is 0 Å². The molecule has 0 amide bonds. The molecule has 1 aliphatic rings. The second-order valence-electron chi connectivity index (χ2n) is 4.16. The SMILES string of the molecule is CCNC(c1ccnnc1)C1CCOCC1. The highest BCUT2D eigenvalue weighted by Gasteiger charge is 2.24. The molecule has 0 radical (unpaired) electrons. The molecule has 4 nitrogen and oxygen atoms in total. The van der Waals surface area contributed by atoms with Crippen molar-refractivity contribution >= 4 is 0 Å². The lowest BCUT2D eigenvalue weighted by atomic mass is 9.88. The number of aromatic nitrogens is 2. The minimum absolute atomic E-state index is 0.393. The van der Waals surface area contributed by atoms with Gasteiger partial charge in [-0.1, -0.05) is 6.92 Å². The van der Waals surface area contributed by atoms with Crippen LogP contribution in [0.1, 0.15) is 31.4 Å². The molecule has 0 aromatic carbocycles. The Kier molecular flexibility index (Phi) is 4.25. The largest absolute Gasteiger partial charge is 0.381 e. The van der Waals surface area contributed by atoms with E-state index in [1.807, 2.05) is 6.20 Å². The van der Waals surface area contributed by atoms with E-state index in [-0.39, 0.29) is 0 Å². The molecule has 4 heteroatoms. The average Bonchev–Trinajstić information content (AvgIpc) is 2.38. The van der Waals surface area contributed by atoms with Gasteiger partial charge in [-0.3, -0.25) is 0 Å². The van der Waals surface area contributed by atoms with Gasteiger partial charge in [0.25, 0.3) is 0 Å². The van der Waals surface area contributed by atoms with Crippen LogP contribution in [0.2, 0.25) is 0 Å². The summed E-state index contributed by atoms with van der Waals surface area (Å²) >= 11 is 0. The highest BCUT2D eigenvalue weighted by Crippen LogP contribution is 2.29. The molecule has 2 rings (SSSR count). The maximum Gasteiger partial charge on any atom is 0.0544 e. The number of hydrogen-bond acceptors (Lipinski definition) is 4. The Balaban J connectivity index is 2.09. The van der Waals surface area contributed by atoms with E-state index in [1.165, 1.54) is 5.56 Å². The Hall–Kier alpha value is -1.00. The zero-order valence-corrected chi connectivity index (χ0v) is 9.72. The first-order valence-electron chi connectivity index (χ1n) is 5.99. The lowest BCUT2D eigenvalue weighted by Crippen LogP contribution is -2.32. The molecule has 0 spiro atoms. The van der Waals surface area contributed by atoms with Gasteiger partial charge in [-0.15, -0.1) is 0 Å². The van der Waals surface area contributed by atoms with E-state index in [4.69, 9.17) is 4.74 Å². The fraction of sp³-hybridized carbons (Fsp3) is 0.667. The summed E-state index contributed by atoms with van der Waals surface area (Å²) in [6, 6.07) is 2.44. The predicted molar refractivity (Wildman–Crippen MR) is 62.0 cm³/mol. The third-order valence-corrected chi connectivity index (χ3v) is 3.13. The van der Waals surface area contributed by atoms with Crippen LogP contribution in [-0.2, 0) is 4.74 Å². The van der Waals surface area contributed by atoms with Gasteiger partial charge in [0.1, 0.15) is 0 Å². The van der Waals surface area contributed by atoms with Gasteiger partial charge < -0.3 is 10.1 Å². The van der Waals surface area contributed by atoms with Gasteiger partial charge in [0.2, 0.25) is 0 Å². The molecule has 1 aliphatic heterocycles. The molecule has 0 bridgehead atoms. The summed E-state index contributed by atoms with van der Waals surface area (Å²) in [6.07, 6.45) is 5.88. The number of nitrogens with one attached hydrogen (secondary N) is 1. The van der Waals surface area contributed by atoms with Crippen molar-refractivity contribution in [2.45, 2.75) is 25.8 Å². The van der Waals surface area contributed by atoms with Crippen LogP contribution in [0.15, 0.2) is 18.5 Å². The first kappa shape index (κ1) is 11.5. The third kappa shape index (κ3) is 2.77. The number of rotatable bonds is 4. The topological polar surface area (TPSA) is 47.0 Å². The zero-order chi connectivity index (χ0) is 11.2. The molecule has 1 aromatic rings. The average molecular weight is 221 g/mol. The summed E-state index contributed by atoms with van der Waals surface area (Å²) in [5.41, 5.74) is 1.24. The number of nitrogens with zero attached hydrogens (tertiary/aromatic N) is 2. The van der Waals surface area contributed by atoms with Gasteiger partial charge >= 0.3 is 0 Å². The zero-order valence-electron chi connectivity index (χ0n) is 9.72. The van der Waals surface area contributed by atoms with Crippen LogP contribution in [-0.4, -0.2) is 30.0 Å². The van der Waals surface area contributed by atoms with Crippen molar-refractivity contribution in [1.29, 1.82) is 0 Å². The Morgan fingerprint density at radius 3 is 2.88 bits per heavy atom. The van der Waals surface area contributed by atoms with Gasteiger partial charge in [-0.25, -0.2) is 0 Å². The molecule has 1 atom stereocenters. The fourth-order valence-corrected chi connectivity index (χ4v) is 2.31. The maximum atomic E-state index is 5.41. The van der Waals surface area contributed by atoms with E-state index < -0.39 is 0 Å². The lowest BCUT2D eigenvalue weighted by Gasteiger charge is -2.30. The minimum Gasteiger partial charge on any atom is -0.381 e. The standard InChI is InChI=1S/C12H19N3O/c1-2-13-12(10-4-7-16-8-5-10)11-3-6-14-15-9-11/h3,6,9-10,12-13H,2,4-5,7-8H2,1H3. The number of ether oxygens (including phenoxy) is 1. The molecule has 0 aliphatic carbocycles. The van der Waals surface area contributed by atoms with Crippen molar-refractivity contribution < 1.29 is 4.74 Å². The summed E-state index contributed by atoms with van der Waals surface area (Å²) in [6.45, 7) is 4.88. The molecule has 1 fully saturated rings. The van der Waals surface area contributed by atoms with Crippen LogP contribution < -0.4 is 5.32 Å². The van der Waals surface area contributed by atoms with Crippen LogP contribution in [0.3, 0.4) is 0 Å². The number of hydrogen-bond donors (Lipinski definition) is 1. The van der Waals surface area contributed by atoms with Crippen molar-refractivity contribution in [3.05, 3.63) is 24.0 Å². The monoisotopic (exact) mass is 221 g/mol. The molecular weight excluding hydrogens is 202 g/mol. The molecule has 1 aromatic heterocycles. The molecule has 0 saturated carbocycles. The van der Waals surface area contributed by atoms with Gasteiger partial charge in [0, 0.05) is 25.5 Å². The highest BCUT2D eigenvalue weighted by atomic mass is 16.5. The maximum absolute atomic E-state index is 5.41. The lowest BCUT2D eigenvalue weighted by molar-refractivity contribution is 0.0537. The first-order valence-corrected chi connectivity index (χ1v) is 5.99. The molecule has 1 N–H and O–H groups in total. The summed E-state index contributed by atoms with van der Waals surface area (Å²) in [5.74, 6) is 0.651. The summed E-state index contributed by atoms with van der Waals surface area (Å²) in [4.78, 5) is 0. The van der Waals surface area contributed by atoms with Gasteiger partial charge in [-0.05, 0) is 36.9 Å². The van der Waals surface area contributed by atoms with Crippen LogP contribution in [0.25, 0.3) is 0 Å². The molecule has 88 valence electrons. The molecule has 2 heterocycles. The normalized spacial score (nSPS) is 19.6. The molecular formula is C12H19N3O. The van der Waals surface area contributed by atoms with Crippen molar-refractivity contribution in [2.24, 2.45) is 5.92 Å². The van der Waals surface area contributed by atoms with Crippen LogP contribution in [0, 0.1) is 5.92 Å². The Bertz CT molecular complexity index is 298. The minimum atomic E-state index is 0.393. The van der Waals surface area contributed by atoms with E-state index in [0.717, 1.165) is 32.6 Å². The smallest absolute Gasteiger partial charge is 0.0544 e. The second-order valence-corrected chi connectivity index (χ2v) is 4.16. The summed E-state index contributed by atoms with van der Waals surface area (Å²) in [7, 11) is 0. The van der Waals surface area contributed by atoms with Crippen molar-refractivity contribution in [1.82, 2.24) is 15.5 Å². The van der Waals surface area contributed by atoms with Crippen molar-refractivity contribution in [3.63, 3.8) is 0 Å². The second kappa shape index (κ2) is 5.92. The fourth-order valence-electron chi connectivity index (χ4n) is 2.31. The van der Waals surface area contributed by atoms with Crippen LogP contribution in [0.4, 0.5) is 0 Å². The molecule has 1 saturated heterocycles. The predicted octanol–water partition coefficient (Wildman–Crippen LogP) is 1.55. The third-order valence-electron chi connectivity index (χ3n) is 3.13. The summed E-state index contributed by atoms with van der Waals surface area (Å²) in [5, 5.41) is 11.3. The van der Waals surface area contributed by atoms with E-state index in [2.05, 4.69) is 28.5 Å². The van der Waals surface area contributed by atoms with Crippen molar-refractivity contribution in [3.8, 4) is 0 Å². The first-order chi connectivity index (χ1) is 7.92. The Labute approximate surface area is 96.4 Å². The Morgan fingerprint density at radius 1 is 1.44 bits per heavy atom. The van der Waals surface area contributed by atoms with Crippen LogP contribution in [0.5, 0.6) is 0 Å². The van der Waals surface area contributed by atoms with E-state index >= 15 is 0 Å². The van der Waals surface area contributed by atoms with E-state index in [9.17, 15) is 0 Å². The quantitative estimate of drug-likeness (QED) is 0.838. The van der Waals surface area contributed by atoms with Crippen molar-refractivity contribution in [2.75, 3.05) is 19.8 Å². The highest BCUT2D eigenvalue weighted by molar-refractivity contribution is 5.13. The van der Waals surface area contributed by atoms with Gasteiger partial charge in [0.15, 0.2) is 0 Å². The van der Waals surface area contributed by atoms with Gasteiger partial charge in [-0.2, -0.15) is 10.2 Å². The van der Waals surface area contributed by atoms with Gasteiger partial charge in [0.05, 0.1) is 6.20 Å². The molecule has 1 unspecified atom stereocenters. The van der Waals surface area contributed by atoms with E-state index in [0.29, 0.717) is 12.0 Å². The molecule has 16 heavy (non-hydrogen) atoms. The van der Waals surface area contributed by atoms with E-state index in [1.54, 1.807) is 6.20 Å². The Morgan fingerprint density at radius 2 is 2.25 bits per heavy atom.